The van der Waals surface area contributed by atoms with Crippen molar-refractivity contribution in [1.82, 2.24) is 0 Å². The van der Waals surface area contributed by atoms with E-state index in [9.17, 15) is 0 Å². The summed E-state index contributed by atoms with van der Waals surface area (Å²) in [7, 11) is 3.08. The molecule has 0 fully saturated rings. The summed E-state index contributed by atoms with van der Waals surface area (Å²) in [6.07, 6.45) is 0. The van der Waals surface area contributed by atoms with E-state index in [1.54, 1.807) is 25.3 Å². The Morgan fingerprint density at radius 3 is 2.60 bits per heavy atom. The number of nitrogens with zero attached hydrogens (tertiary/aromatic N) is 1. The SMILES string of the molecule is COc1ccc2c(OC)oc(C#N)c2c1. The summed E-state index contributed by atoms with van der Waals surface area (Å²) in [5.74, 6) is 1.27. The van der Waals surface area contributed by atoms with Gasteiger partial charge in [0.2, 0.25) is 5.76 Å². The zero-order chi connectivity index (χ0) is 10.8. The first-order valence-corrected chi connectivity index (χ1v) is 4.34. The molecule has 2 aromatic rings. The molecule has 0 aliphatic rings. The molecular formula is C11H9NO3. The van der Waals surface area contributed by atoms with E-state index in [-0.39, 0.29) is 5.76 Å². The van der Waals surface area contributed by atoms with Gasteiger partial charge in [-0.2, -0.15) is 5.26 Å². The maximum Gasteiger partial charge on any atom is 0.293 e. The second-order valence-corrected chi connectivity index (χ2v) is 2.95. The fourth-order valence-corrected chi connectivity index (χ4v) is 1.45. The van der Waals surface area contributed by atoms with Crippen LogP contribution in [0.4, 0.5) is 0 Å². The summed E-state index contributed by atoms with van der Waals surface area (Å²) in [5, 5.41) is 10.3. The highest BCUT2D eigenvalue weighted by Crippen LogP contribution is 2.33. The summed E-state index contributed by atoms with van der Waals surface area (Å²) in [6.45, 7) is 0. The van der Waals surface area contributed by atoms with Gasteiger partial charge in [-0.3, -0.25) is 0 Å². The molecule has 1 aromatic carbocycles. The van der Waals surface area contributed by atoms with Crippen LogP contribution >= 0.6 is 0 Å². The predicted octanol–water partition coefficient (Wildman–Crippen LogP) is 2.32. The van der Waals surface area contributed by atoms with Gasteiger partial charge in [-0.15, -0.1) is 0 Å². The van der Waals surface area contributed by atoms with Crippen LogP contribution in [-0.2, 0) is 0 Å². The molecule has 4 nitrogen and oxygen atoms in total. The molecule has 0 N–H and O–H groups in total. The molecule has 4 heteroatoms. The van der Waals surface area contributed by atoms with Crippen LogP contribution in [0.1, 0.15) is 5.76 Å². The molecule has 1 aromatic heterocycles. The van der Waals surface area contributed by atoms with Crippen LogP contribution in [-0.4, -0.2) is 14.2 Å². The van der Waals surface area contributed by atoms with E-state index >= 15 is 0 Å². The van der Waals surface area contributed by atoms with Gasteiger partial charge in [0.15, 0.2) is 0 Å². The highest BCUT2D eigenvalue weighted by molar-refractivity contribution is 5.91. The summed E-state index contributed by atoms with van der Waals surface area (Å²) in [6, 6.07) is 7.32. The molecule has 0 bridgehead atoms. The highest BCUT2D eigenvalue weighted by Gasteiger charge is 2.13. The molecule has 1 heterocycles. The van der Waals surface area contributed by atoms with Crippen molar-refractivity contribution in [2.24, 2.45) is 0 Å². The molecule has 0 saturated carbocycles. The van der Waals surface area contributed by atoms with E-state index in [0.29, 0.717) is 17.1 Å². The Kier molecular flexibility index (Phi) is 2.22. The van der Waals surface area contributed by atoms with E-state index < -0.39 is 0 Å². The summed E-state index contributed by atoms with van der Waals surface area (Å²) >= 11 is 0. The first kappa shape index (κ1) is 9.41. The van der Waals surface area contributed by atoms with Crippen LogP contribution in [0.25, 0.3) is 10.8 Å². The average Bonchev–Trinajstić information content (AvgIpc) is 2.65. The van der Waals surface area contributed by atoms with Gasteiger partial charge in [0.05, 0.1) is 19.6 Å². The standard InChI is InChI=1S/C11H9NO3/c1-13-7-3-4-8-9(5-7)10(6-12)15-11(8)14-2/h3-5H,1-2H3. The third-order valence-corrected chi connectivity index (χ3v) is 2.17. The van der Waals surface area contributed by atoms with E-state index in [1.165, 1.54) is 7.11 Å². The number of hydrogen-bond donors (Lipinski definition) is 0. The van der Waals surface area contributed by atoms with Gasteiger partial charge in [-0.25, -0.2) is 0 Å². The van der Waals surface area contributed by atoms with Crippen molar-refractivity contribution in [2.75, 3.05) is 14.2 Å². The predicted molar refractivity (Wildman–Crippen MR) is 54.0 cm³/mol. The normalized spacial score (nSPS) is 9.93. The molecule has 0 radical (unpaired) electrons. The first-order chi connectivity index (χ1) is 7.30. The third kappa shape index (κ3) is 1.38. The highest BCUT2D eigenvalue weighted by atomic mass is 16.6. The Morgan fingerprint density at radius 2 is 2.00 bits per heavy atom. The molecule has 15 heavy (non-hydrogen) atoms. The fraction of sp³-hybridized carbons (Fsp3) is 0.182. The quantitative estimate of drug-likeness (QED) is 0.751. The smallest absolute Gasteiger partial charge is 0.293 e. The Labute approximate surface area is 86.6 Å². The summed E-state index contributed by atoms with van der Waals surface area (Å²) in [4.78, 5) is 0. The van der Waals surface area contributed by atoms with Crippen molar-refractivity contribution in [2.45, 2.75) is 0 Å². The Hall–Kier alpha value is -2.15. The van der Waals surface area contributed by atoms with Crippen molar-refractivity contribution in [3.05, 3.63) is 24.0 Å². The minimum absolute atomic E-state index is 0.237. The summed E-state index contributed by atoms with van der Waals surface area (Å²) < 4.78 is 15.3. The van der Waals surface area contributed by atoms with Gasteiger partial charge in [-0.05, 0) is 18.2 Å². The minimum Gasteiger partial charge on any atom is -0.497 e. The van der Waals surface area contributed by atoms with Crippen molar-refractivity contribution in [1.29, 1.82) is 5.26 Å². The van der Waals surface area contributed by atoms with Crippen molar-refractivity contribution in [3.63, 3.8) is 0 Å². The van der Waals surface area contributed by atoms with E-state index in [0.717, 1.165) is 5.39 Å². The van der Waals surface area contributed by atoms with Crippen LogP contribution in [0.15, 0.2) is 22.6 Å². The molecule has 0 aliphatic heterocycles. The van der Waals surface area contributed by atoms with Crippen LogP contribution in [0, 0.1) is 11.3 Å². The number of rotatable bonds is 2. The van der Waals surface area contributed by atoms with Crippen LogP contribution in [0.5, 0.6) is 11.7 Å². The van der Waals surface area contributed by atoms with E-state index in [4.69, 9.17) is 19.2 Å². The lowest BCUT2D eigenvalue weighted by atomic mass is 10.2. The van der Waals surface area contributed by atoms with Gasteiger partial charge >= 0.3 is 0 Å². The average molecular weight is 203 g/mol. The molecule has 0 spiro atoms. The maximum atomic E-state index is 8.87. The molecule has 0 amide bonds. The van der Waals surface area contributed by atoms with Crippen molar-refractivity contribution < 1.29 is 13.9 Å². The molecule has 0 atom stereocenters. The largest absolute Gasteiger partial charge is 0.497 e. The molecule has 0 aliphatic carbocycles. The molecule has 0 unspecified atom stereocenters. The topological polar surface area (TPSA) is 55.4 Å². The number of furan rings is 1. The van der Waals surface area contributed by atoms with E-state index in [1.807, 2.05) is 6.07 Å². The number of hydrogen-bond acceptors (Lipinski definition) is 4. The number of fused-ring (bicyclic) bond motifs is 1. The molecule has 2 rings (SSSR count). The van der Waals surface area contributed by atoms with Gasteiger partial charge in [-0.1, -0.05) is 0 Å². The molecule has 76 valence electrons. The Bertz CT molecular complexity index is 536. The minimum atomic E-state index is 0.237. The van der Waals surface area contributed by atoms with Gasteiger partial charge < -0.3 is 13.9 Å². The monoisotopic (exact) mass is 203 g/mol. The van der Waals surface area contributed by atoms with Gasteiger partial charge in [0.1, 0.15) is 11.8 Å². The fourth-order valence-electron chi connectivity index (χ4n) is 1.45. The van der Waals surface area contributed by atoms with Crippen molar-refractivity contribution >= 4 is 10.8 Å². The Morgan fingerprint density at radius 1 is 1.20 bits per heavy atom. The maximum absolute atomic E-state index is 8.87. The number of nitriles is 1. The van der Waals surface area contributed by atoms with Crippen LogP contribution in [0.3, 0.4) is 0 Å². The lowest BCUT2D eigenvalue weighted by Gasteiger charge is -1.98. The number of benzene rings is 1. The number of methoxy groups -OCH3 is 2. The zero-order valence-electron chi connectivity index (χ0n) is 8.40. The third-order valence-electron chi connectivity index (χ3n) is 2.17. The van der Waals surface area contributed by atoms with Gasteiger partial charge in [0, 0.05) is 5.39 Å². The zero-order valence-corrected chi connectivity index (χ0v) is 8.40. The van der Waals surface area contributed by atoms with Crippen LogP contribution in [0.2, 0.25) is 0 Å². The lowest BCUT2D eigenvalue weighted by Crippen LogP contribution is -1.82. The number of ether oxygens (including phenoxy) is 2. The van der Waals surface area contributed by atoms with Gasteiger partial charge in [0.25, 0.3) is 5.95 Å². The van der Waals surface area contributed by atoms with Crippen LogP contribution < -0.4 is 9.47 Å². The van der Waals surface area contributed by atoms with Crippen molar-refractivity contribution in [3.8, 4) is 17.8 Å². The second-order valence-electron chi connectivity index (χ2n) is 2.95. The molecule has 0 saturated heterocycles. The lowest BCUT2D eigenvalue weighted by molar-refractivity contribution is 0.307. The van der Waals surface area contributed by atoms with E-state index in [2.05, 4.69) is 0 Å². The second kappa shape index (κ2) is 3.54. The molecular weight excluding hydrogens is 194 g/mol. The summed E-state index contributed by atoms with van der Waals surface area (Å²) in [5.41, 5.74) is 0. The first-order valence-electron chi connectivity index (χ1n) is 4.34. The Balaban J connectivity index is 2.75.